The van der Waals surface area contributed by atoms with Crippen molar-refractivity contribution in [2.75, 3.05) is 5.32 Å². The van der Waals surface area contributed by atoms with Gasteiger partial charge < -0.3 is 5.32 Å². The fourth-order valence-electron chi connectivity index (χ4n) is 3.02. The molecule has 4 rings (SSSR count). The predicted octanol–water partition coefficient (Wildman–Crippen LogP) is 4.16. The zero-order valence-corrected chi connectivity index (χ0v) is 18.7. The van der Waals surface area contributed by atoms with Gasteiger partial charge in [0.1, 0.15) is 4.21 Å². The van der Waals surface area contributed by atoms with Crippen molar-refractivity contribution in [3.8, 4) is 5.69 Å². The number of benzene rings is 2. The number of hydrogen-bond acceptors (Lipinski definition) is 6. The number of fused-ring (bicyclic) bond motifs is 1. The number of carbonyl (C=O) groups is 1. The second kappa shape index (κ2) is 8.22. The lowest BCUT2D eigenvalue weighted by atomic mass is 10.1. The van der Waals surface area contributed by atoms with Gasteiger partial charge >= 0.3 is 6.03 Å². The second-order valence-corrected chi connectivity index (χ2v) is 10.4. The summed E-state index contributed by atoms with van der Waals surface area (Å²) >= 11 is 5.37. The summed E-state index contributed by atoms with van der Waals surface area (Å²) in [7, 11) is -3.94. The number of aromatic nitrogens is 1. The summed E-state index contributed by atoms with van der Waals surface area (Å²) < 4.78 is 28.0. The quantitative estimate of drug-likeness (QED) is 0.389. The van der Waals surface area contributed by atoms with Crippen LogP contribution in [0, 0.1) is 6.92 Å². The Labute approximate surface area is 187 Å². The third-order valence-corrected chi connectivity index (χ3v) is 7.60. The number of thiophene rings is 1. The van der Waals surface area contributed by atoms with Gasteiger partial charge in [0.25, 0.3) is 15.6 Å². The molecule has 2 amide bonds. The van der Waals surface area contributed by atoms with E-state index in [1.165, 1.54) is 10.6 Å². The molecule has 0 saturated heterocycles. The van der Waals surface area contributed by atoms with Gasteiger partial charge in [0.2, 0.25) is 0 Å². The minimum Gasteiger partial charge on any atom is -0.307 e. The summed E-state index contributed by atoms with van der Waals surface area (Å²) in [6.45, 7) is 1.78. The largest absolute Gasteiger partial charge is 0.333 e. The van der Waals surface area contributed by atoms with Gasteiger partial charge in [0, 0.05) is 32.7 Å². The molecule has 158 valence electrons. The van der Waals surface area contributed by atoms with E-state index in [-0.39, 0.29) is 9.77 Å². The van der Waals surface area contributed by atoms with Crippen LogP contribution in [0.4, 0.5) is 10.5 Å². The van der Waals surface area contributed by atoms with Crippen LogP contribution in [-0.4, -0.2) is 19.0 Å². The molecule has 0 unspecified atom stereocenters. The van der Waals surface area contributed by atoms with Crippen LogP contribution < -0.4 is 15.6 Å². The molecular formula is C21H17N3O4S3. The lowest BCUT2D eigenvalue weighted by Gasteiger charge is -2.10. The summed E-state index contributed by atoms with van der Waals surface area (Å²) in [6, 6.07) is 15.9. The first-order valence-corrected chi connectivity index (χ1v) is 11.8. The molecule has 0 saturated carbocycles. The summed E-state index contributed by atoms with van der Waals surface area (Å²) in [5.41, 5.74) is 0.790. The van der Waals surface area contributed by atoms with E-state index in [0.717, 1.165) is 21.6 Å². The Morgan fingerprint density at radius 2 is 1.77 bits per heavy atom. The molecule has 0 radical (unpaired) electrons. The highest BCUT2D eigenvalue weighted by Gasteiger charge is 2.19. The smallest absolute Gasteiger partial charge is 0.307 e. The molecule has 2 heterocycles. The van der Waals surface area contributed by atoms with E-state index >= 15 is 0 Å². The maximum Gasteiger partial charge on any atom is 0.333 e. The van der Waals surface area contributed by atoms with E-state index in [9.17, 15) is 18.0 Å². The molecule has 0 bridgehead atoms. The van der Waals surface area contributed by atoms with Gasteiger partial charge in [0.05, 0.1) is 0 Å². The van der Waals surface area contributed by atoms with Crippen molar-refractivity contribution in [1.29, 1.82) is 0 Å². The van der Waals surface area contributed by atoms with Crippen molar-refractivity contribution >= 4 is 56.5 Å². The summed E-state index contributed by atoms with van der Waals surface area (Å²) in [5, 5.41) is 3.85. The average molecular weight is 472 g/mol. The highest BCUT2D eigenvalue weighted by Crippen LogP contribution is 2.21. The minimum atomic E-state index is -3.94. The van der Waals surface area contributed by atoms with E-state index in [2.05, 4.69) is 17.9 Å². The zero-order chi connectivity index (χ0) is 22.2. The molecule has 2 aromatic carbocycles. The van der Waals surface area contributed by atoms with Crippen LogP contribution in [0.2, 0.25) is 0 Å². The molecule has 0 fully saturated rings. The predicted molar refractivity (Wildman–Crippen MR) is 125 cm³/mol. The van der Waals surface area contributed by atoms with Crippen LogP contribution in [0.25, 0.3) is 16.5 Å². The Balaban J connectivity index is 1.52. The molecule has 7 nitrogen and oxygen atoms in total. The third-order valence-electron chi connectivity index (χ3n) is 4.50. The molecule has 31 heavy (non-hydrogen) atoms. The fraction of sp³-hybridized carbons (Fsp3) is 0.0476. The first kappa shape index (κ1) is 21.2. The molecular weight excluding hydrogens is 454 g/mol. The van der Waals surface area contributed by atoms with E-state index in [0.29, 0.717) is 21.7 Å². The van der Waals surface area contributed by atoms with Crippen molar-refractivity contribution in [1.82, 2.24) is 9.29 Å². The normalized spacial score (nSPS) is 11.4. The number of aryl methyl sites for hydroxylation is 1. The first-order chi connectivity index (χ1) is 14.7. The van der Waals surface area contributed by atoms with E-state index in [1.54, 1.807) is 49.5 Å². The highest BCUT2D eigenvalue weighted by molar-refractivity contribution is 7.92. The van der Waals surface area contributed by atoms with Crippen LogP contribution >= 0.6 is 24.0 Å². The number of amides is 2. The van der Waals surface area contributed by atoms with Crippen molar-refractivity contribution < 1.29 is 13.2 Å². The van der Waals surface area contributed by atoms with Gasteiger partial charge in [-0.15, -0.1) is 24.0 Å². The monoisotopic (exact) mass is 471 g/mol. The number of thiol groups is 1. The van der Waals surface area contributed by atoms with Gasteiger partial charge in [-0.1, -0.05) is 6.07 Å². The summed E-state index contributed by atoms with van der Waals surface area (Å²) in [4.78, 5) is 26.5. The van der Waals surface area contributed by atoms with Crippen molar-refractivity contribution in [3.05, 3.63) is 82.1 Å². The van der Waals surface area contributed by atoms with E-state index in [1.807, 2.05) is 22.9 Å². The van der Waals surface area contributed by atoms with Gasteiger partial charge in [0.15, 0.2) is 0 Å². The lowest BCUT2D eigenvalue weighted by Crippen LogP contribution is -2.33. The molecule has 4 aromatic rings. The number of nitrogens with zero attached hydrogens (tertiary/aromatic N) is 1. The number of hydrogen-bond donors (Lipinski definition) is 3. The van der Waals surface area contributed by atoms with Crippen LogP contribution in [-0.2, 0) is 10.0 Å². The topological polar surface area (TPSA) is 97.3 Å². The van der Waals surface area contributed by atoms with Gasteiger partial charge in [-0.2, -0.15) is 0 Å². The lowest BCUT2D eigenvalue weighted by molar-refractivity contribution is 0.256. The SMILES string of the molecule is Cc1ccc(S(=O)(=O)NC(=O)Nc2ccc(-n3ccc4ccc(S)cc4c3=O)cc2)s1. The molecule has 2 aromatic heterocycles. The number of urea groups is 1. The van der Waals surface area contributed by atoms with E-state index in [4.69, 9.17) is 0 Å². The number of sulfonamides is 1. The molecule has 0 atom stereocenters. The van der Waals surface area contributed by atoms with Crippen LogP contribution in [0.1, 0.15) is 4.88 Å². The Morgan fingerprint density at radius 1 is 1.03 bits per heavy atom. The Bertz CT molecular complexity index is 1460. The Hall–Kier alpha value is -3.08. The van der Waals surface area contributed by atoms with Gasteiger partial charge in [-0.05, 0) is 66.9 Å². The van der Waals surface area contributed by atoms with Crippen molar-refractivity contribution in [2.24, 2.45) is 0 Å². The number of anilines is 1. The fourth-order valence-corrected chi connectivity index (χ4v) is 5.42. The second-order valence-electron chi connectivity index (χ2n) is 6.73. The molecule has 0 aliphatic heterocycles. The average Bonchev–Trinajstić information content (AvgIpc) is 3.16. The number of nitrogens with one attached hydrogen (secondary N) is 2. The maximum atomic E-state index is 12.8. The summed E-state index contributed by atoms with van der Waals surface area (Å²) in [6.07, 6.45) is 1.67. The molecule has 0 spiro atoms. The Kier molecular flexibility index (Phi) is 5.61. The van der Waals surface area contributed by atoms with E-state index < -0.39 is 16.1 Å². The molecule has 0 aliphatic carbocycles. The maximum absolute atomic E-state index is 12.8. The van der Waals surface area contributed by atoms with Crippen molar-refractivity contribution in [2.45, 2.75) is 16.0 Å². The van der Waals surface area contributed by atoms with Crippen LogP contribution in [0.3, 0.4) is 0 Å². The van der Waals surface area contributed by atoms with Crippen molar-refractivity contribution in [3.63, 3.8) is 0 Å². The Morgan fingerprint density at radius 3 is 2.45 bits per heavy atom. The standard InChI is InChI=1S/C21H17N3O4S3/c1-13-2-9-19(30-13)31(27,28)23-21(26)22-15-4-6-16(7-5-15)24-11-10-14-3-8-17(29)12-18(14)20(24)25/h2-12,29H,1H3,(H2,22,23,26). The molecule has 10 heteroatoms. The molecule has 0 aliphatic rings. The number of pyridine rings is 1. The highest BCUT2D eigenvalue weighted by atomic mass is 32.2. The zero-order valence-electron chi connectivity index (χ0n) is 16.2. The summed E-state index contributed by atoms with van der Waals surface area (Å²) in [5.74, 6) is 0. The van der Waals surface area contributed by atoms with Gasteiger partial charge in [-0.25, -0.2) is 17.9 Å². The minimum absolute atomic E-state index is 0.0653. The third kappa shape index (κ3) is 4.50. The number of rotatable bonds is 4. The van der Waals surface area contributed by atoms with Crippen LogP contribution in [0.15, 0.2) is 80.8 Å². The number of carbonyl (C=O) groups excluding carboxylic acids is 1. The van der Waals surface area contributed by atoms with Crippen LogP contribution in [0.5, 0.6) is 0 Å². The first-order valence-electron chi connectivity index (χ1n) is 9.08. The van der Waals surface area contributed by atoms with Gasteiger partial charge in [-0.3, -0.25) is 9.36 Å². The molecule has 2 N–H and O–H groups in total.